The standard InChI is InChI=1S/C16H17N3O2/c1-9-12-7-5-6-8-13(12)21-15(9)16(20)17-14-10(2)18-19(4)11(14)3/h5-8H,1-4H3,(H,17,20). The van der Waals surface area contributed by atoms with Crippen molar-refractivity contribution in [3.05, 3.63) is 47.0 Å². The molecule has 0 radical (unpaired) electrons. The van der Waals surface area contributed by atoms with E-state index in [4.69, 9.17) is 4.42 Å². The number of aromatic nitrogens is 2. The molecule has 2 aromatic heterocycles. The molecule has 0 atom stereocenters. The third-order valence-electron chi connectivity index (χ3n) is 3.80. The SMILES string of the molecule is Cc1nn(C)c(C)c1NC(=O)c1oc2ccccc2c1C. The van der Waals surface area contributed by atoms with E-state index < -0.39 is 0 Å². The molecule has 0 bridgehead atoms. The molecule has 2 heterocycles. The van der Waals surface area contributed by atoms with Gasteiger partial charge in [0.05, 0.1) is 17.1 Å². The number of anilines is 1. The number of furan rings is 1. The zero-order valence-electron chi connectivity index (χ0n) is 12.5. The van der Waals surface area contributed by atoms with Crippen LogP contribution in [0.1, 0.15) is 27.5 Å². The van der Waals surface area contributed by atoms with E-state index in [2.05, 4.69) is 10.4 Å². The van der Waals surface area contributed by atoms with Gasteiger partial charge < -0.3 is 9.73 Å². The number of nitrogens with one attached hydrogen (secondary N) is 1. The summed E-state index contributed by atoms with van der Waals surface area (Å²) in [5.41, 5.74) is 4.01. The largest absolute Gasteiger partial charge is 0.451 e. The molecule has 5 nitrogen and oxygen atoms in total. The Labute approximate surface area is 122 Å². The lowest BCUT2D eigenvalue weighted by molar-refractivity contribution is 0.0997. The Morgan fingerprint density at radius 2 is 1.95 bits per heavy atom. The molecule has 1 aromatic carbocycles. The van der Waals surface area contributed by atoms with E-state index in [0.29, 0.717) is 5.76 Å². The highest BCUT2D eigenvalue weighted by atomic mass is 16.3. The Balaban J connectivity index is 1.99. The predicted octanol–water partition coefficient (Wildman–Crippen LogP) is 3.34. The van der Waals surface area contributed by atoms with Crippen molar-refractivity contribution in [2.24, 2.45) is 7.05 Å². The molecular formula is C16H17N3O2. The quantitative estimate of drug-likeness (QED) is 0.784. The number of amides is 1. The van der Waals surface area contributed by atoms with E-state index in [9.17, 15) is 4.79 Å². The molecule has 3 aromatic rings. The third kappa shape index (κ3) is 2.11. The first-order valence-corrected chi connectivity index (χ1v) is 6.78. The van der Waals surface area contributed by atoms with Crippen LogP contribution in [0.15, 0.2) is 28.7 Å². The van der Waals surface area contributed by atoms with E-state index in [1.807, 2.05) is 52.1 Å². The fourth-order valence-electron chi connectivity index (χ4n) is 2.52. The first kappa shape index (κ1) is 13.4. The Bertz CT molecular complexity index is 843. The Morgan fingerprint density at radius 1 is 1.24 bits per heavy atom. The van der Waals surface area contributed by atoms with Crippen LogP contribution in [0.2, 0.25) is 0 Å². The predicted molar refractivity (Wildman–Crippen MR) is 81.6 cm³/mol. The van der Waals surface area contributed by atoms with Crippen LogP contribution >= 0.6 is 0 Å². The summed E-state index contributed by atoms with van der Waals surface area (Å²) >= 11 is 0. The second-order valence-electron chi connectivity index (χ2n) is 5.18. The number of carbonyl (C=O) groups is 1. The van der Waals surface area contributed by atoms with Gasteiger partial charge in [-0.15, -0.1) is 0 Å². The molecule has 0 aliphatic rings. The molecule has 0 unspecified atom stereocenters. The van der Waals surface area contributed by atoms with Gasteiger partial charge in [-0.1, -0.05) is 18.2 Å². The summed E-state index contributed by atoms with van der Waals surface area (Å²) in [5, 5.41) is 8.16. The normalized spacial score (nSPS) is 11.0. The topological polar surface area (TPSA) is 60.1 Å². The monoisotopic (exact) mass is 283 g/mol. The number of rotatable bonds is 2. The fraction of sp³-hybridized carbons (Fsp3) is 0.250. The van der Waals surface area contributed by atoms with Gasteiger partial charge in [0, 0.05) is 18.0 Å². The van der Waals surface area contributed by atoms with Crippen molar-refractivity contribution in [2.75, 3.05) is 5.32 Å². The number of hydrogen-bond acceptors (Lipinski definition) is 3. The van der Waals surface area contributed by atoms with Crippen molar-refractivity contribution in [1.82, 2.24) is 9.78 Å². The molecule has 0 spiro atoms. The van der Waals surface area contributed by atoms with Gasteiger partial charge >= 0.3 is 0 Å². The fourth-order valence-corrected chi connectivity index (χ4v) is 2.52. The molecule has 3 rings (SSSR count). The summed E-state index contributed by atoms with van der Waals surface area (Å²) in [6.45, 7) is 5.68. The molecule has 0 fully saturated rings. The van der Waals surface area contributed by atoms with Crippen molar-refractivity contribution >= 4 is 22.6 Å². The Kier molecular flexibility index (Phi) is 3.05. The van der Waals surface area contributed by atoms with Crippen LogP contribution in [0.25, 0.3) is 11.0 Å². The minimum Gasteiger partial charge on any atom is -0.451 e. The average Bonchev–Trinajstić information content (AvgIpc) is 2.92. The number of benzene rings is 1. The lowest BCUT2D eigenvalue weighted by Gasteiger charge is -2.04. The second kappa shape index (κ2) is 4.77. The van der Waals surface area contributed by atoms with Gasteiger partial charge in [-0.2, -0.15) is 5.10 Å². The first-order valence-electron chi connectivity index (χ1n) is 6.78. The highest BCUT2D eigenvalue weighted by molar-refractivity contribution is 6.06. The smallest absolute Gasteiger partial charge is 0.291 e. The maximum Gasteiger partial charge on any atom is 0.291 e. The Hall–Kier alpha value is -2.56. The Morgan fingerprint density at radius 3 is 2.57 bits per heavy atom. The average molecular weight is 283 g/mol. The molecule has 0 aliphatic heterocycles. The van der Waals surface area contributed by atoms with E-state index >= 15 is 0 Å². The third-order valence-corrected chi connectivity index (χ3v) is 3.80. The van der Waals surface area contributed by atoms with E-state index in [1.54, 1.807) is 4.68 Å². The van der Waals surface area contributed by atoms with Gasteiger partial charge in [-0.3, -0.25) is 9.48 Å². The maximum atomic E-state index is 12.5. The molecule has 1 amide bonds. The van der Waals surface area contributed by atoms with Gasteiger partial charge in [0.2, 0.25) is 0 Å². The first-order chi connectivity index (χ1) is 9.99. The number of carbonyl (C=O) groups excluding carboxylic acids is 1. The van der Waals surface area contributed by atoms with Crippen LogP contribution in [0.5, 0.6) is 0 Å². The van der Waals surface area contributed by atoms with Crippen molar-refractivity contribution in [3.63, 3.8) is 0 Å². The zero-order chi connectivity index (χ0) is 15.1. The molecule has 0 aliphatic carbocycles. The van der Waals surface area contributed by atoms with Crippen molar-refractivity contribution in [2.45, 2.75) is 20.8 Å². The van der Waals surface area contributed by atoms with E-state index in [-0.39, 0.29) is 5.91 Å². The molecule has 0 saturated carbocycles. The van der Waals surface area contributed by atoms with Crippen LogP contribution < -0.4 is 5.32 Å². The maximum absolute atomic E-state index is 12.5. The van der Waals surface area contributed by atoms with Crippen LogP contribution in [-0.2, 0) is 7.05 Å². The van der Waals surface area contributed by atoms with E-state index in [0.717, 1.165) is 33.6 Å². The molecular weight excluding hydrogens is 266 g/mol. The van der Waals surface area contributed by atoms with Gasteiger partial charge in [0.15, 0.2) is 5.76 Å². The molecule has 108 valence electrons. The van der Waals surface area contributed by atoms with Gasteiger partial charge in [0.25, 0.3) is 5.91 Å². The summed E-state index contributed by atoms with van der Waals surface area (Å²) < 4.78 is 7.43. The molecule has 1 N–H and O–H groups in total. The number of para-hydroxylation sites is 1. The highest BCUT2D eigenvalue weighted by Crippen LogP contribution is 2.26. The van der Waals surface area contributed by atoms with Crippen LogP contribution in [0.3, 0.4) is 0 Å². The minimum atomic E-state index is -0.247. The van der Waals surface area contributed by atoms with Gasteiger partial charge in [0.1, 0.15) is 5.58 Å². The van der Waals surface area contributed by atoms with E-state index in [1.165, 1.54) is 0 Å². The number of fused-ring (bicyclic) bond motifs is 1. The lowest BCUT2D eigenvalue weighted by Crippen LogP contribution is -2.13. The highest BCUT2D eigenvalue weighted by Gasteiger charge is 2.20. The summed E-state index contributed by atoms with van der Waals surface area (Å²) in [4.78, 5) is 12.5. The molecule has 21 heavy (non-hydrogen) atoms. The van der Waals surface area contributed by atoms with Crippen LogP contribution in [-0.4, -0.2) is 15.7 Å². The summed E-state index contributed by atoms with van der Waals surface area (Å²) in [5.74, 6) is 0.0988. The summed E-state index contributed by atoms with van der Waals surface area (Å²) in [7, 11) is 1.85. The second-order valence-corrected chi connectivity index (χ2v) is 5.18. The van der Waals surface area contributed by atoms with Gasteiger partial charge in [-0.05, 0) is 26.8 Å². The van der Waals surface area contributed by atoms with Crippen molar-refractivity contribution in [1.29, 1.82) is 0 Å². The van der Waals surface area contributed by atoms with Crippen LogP contribution in [0, 0.1) is 20.8 Å². The zero-order valence-corrected chi connectivity index (χ0v) is 12.5. The summed E-state index contributed by atoms with van der Waals surface area (Å²) in [6, 6.07) is 7.63. The lowest BCUT2D eigenvalue weighted by atomic mass is 10.1. The minimum absolute atomic E-state index is 0.247. The van der Waals surface area contributed by atoms with Crippen LogP contribution in [0.4, 0.5) is 5.69 Å². The van der Waals surface area contributed by atoms with Crippen molar-refractivity contribution in [3.8, 4) is 0 Å². The number of nitrogens with zero attached hydrogens (tertiary/aromatic N) is 2. The molecule has 0 saturated heterocycles. The van der Waals surface area contributed by atoms with Crippen molar-refractivity contribution < 1.29 is 9.21 Å². The number of aryl methyl sites for hydroxylation is 3. The number of hydrogen-bond donors (Lipinski definition) is 1. The molecule has 5 heteroatoms. The summed E-state index contributed by atoms with van der Waals surface area (Å²) in [6.07, 6.45) is 0. The van der Waals surface area contributed by atoms with Gasteiger partial charge in [-0.25, -0.2) is 0 Å².